The molecule has 1 aromatic heterocycles. The number of ether oxygens (including phenoxy) is 1. The summed E-state index contributed by atoms with van der Waals surface area (Å²) in [5.41, 5.74) is 0.779. The number of nitrogens with zero attached hydrogens (tertiary/aromatic N) is 1. The molecule has 1 amide bonds. The van der Waals surface area contributed by atoms with E-state index in [-0.39, 0.29) is 18.1 Å². The SMILES string of the molecule is C=Cc1csc(NC(=O)C2CCC(C)O2)n1. The Balaban J connectivity index is 1.94. The van der Waals surface area contributed by atoms with Gasteiger partial charge in [0.2, 0.25) is 0 Å². The predicted octanol–water partition coefficient (Wildman–Crippen LogP) is 2.29. The fourth-order valence-corrected chi connectivity index (χ4v) is 2.32. The van der Waals surface area contributed by atoms with Crippen LogP contribution in [0.1, 0.15) is 25.5 Å². The third-order valence-electron chi connectivity index (χ3n) is 2.49. The van der Waals surface area contributed by atoms with Gasteiger partial charge in [0.1, 0.15) is 6.10 Å². The molecular weight excluding hydrogens is 224 g/mol. The number of carbonyl (C=O) groups is 1. The van der Waals surface area contributed by atoms with Gasteiger partial charge in [0.25, 0.3) is 5.91 Å². The first-order chi connectivity index (χ1) is 7.69. The minimum Gasteiger partial charge on any atom is -0.365 e. The Morgan fingerprint density at radius 3 is 3.12 bits per heavy atom. The van der Waals surface area contributed by atoms with Crippen LogP contribution in [0.15, 0.2) is 12.0 Å². The van der Waals surface area contributed by atoms with E-state index in [0.29, 0.717) is 5.13 Å². The number of anilines is 1. The van der Waals surface area contributed by atoms with Crippen LogP contribution < -0.4 is 5.32 Å². The molecule has 16 heavy (non-hydrogen) atoms. The predicted molar refractivity (Wildman–Crippen MR) is 64.4 cm³/mol. The number of aromatic nitrogens is 1. The van der Waals surface area contributed by atoms with Gasteiger partial charge in [-0.2, -0.15) is 0 Å². The van der Waals surface area contributed by atoms with Gasteiger partial charge in [-0.1, -0.05) is 6.58 Å². The molecule has 2 rings (SSSR count). The number of amides is 1. The van der Waals surface area contributed by atoms with Crippen molar-refractivity contribution in [1.82, 2.24) is 4.98 Å². The van der Waals surface area contributed by atoms with Gasteiger partial charge in [-0.05, 0) is 25.8 Å². The Kier molecular flexibility index (Phi) is 3.36. The molecule has 0 bridgehead atoms. The highest BCUT2D eigenvalue weighted by molar-refractivity contribution is 7.14. The minimum atomic E-state index is -0.328. The molecule has 0 spiro atoms. The van der Waals surface area contributed by atoms with Gasteiger partial charge < -0.3 is 4.74 Å². The van der Waals surface area contributed by atoms with Crippen LogP contribution in [0.2, 0.25) is 0 Å². The summed E-state index contributed by atoms with van der Waals surface area (Å²) in [5.74, 6) is -0.102. The smallest absolute Gasteiger partial charge is 0.255 e. The number of nitrogens with one attached hydrogen (secondary N) is 1. The van der Waals surface area contributed by atoms with Crippen molar-refractivity contribution in [1.29, 1.82) is 0 Å². The maximum absolute atomic E-state index is 11.8. The van der Waals surface area contributed by atoms with Crippen LogP contribution in [-0.2, 0) is 9.53 Å². The summed E-state index contributed by atoms with van der Waals surface area (Å²) in [6, 6.07) is 0. The van der Waals surface area contributed by atoms with Crippen molar-refractivity contribution >= 4 is 28.5 Å². The van der Waals surface area contributed by atoms with Crippen molar-refractivity contribution in [2.24, 2.45) is 0 Å². The maximum atomic E-state index is 11.8. The molecule has 2 unspecified atom stereocenters. The second kappa shape index (κ2) is 4.76. The van der Waals surface area contributed by atoms with Gasteiger partial charge in [-0.25, -0.2) is 4.98 Å². The zero-order valence-electron chi connectivity index (χ0n) is 9.10. The fourth-order valence-electron chi connectivity index (χ4n) is 1.62. The Labute approximate surface area is 98.3 Å². The lowest BCUT2D eigenvalue weighted by atomic mass is 10.2. The van der Waals surface area contributed by atoms with Gasteiger partial charge in [0.05, 0.1) is 11.8 Å². The fraction of sp³-hybridized carbons (Fsp3) is 0.455. The van der Waals surface area contributed by atoms with Crippen LogP contribution in [0.3, 0.4) is 0 Å². The Hall–Kier alpha value is -1.20. The van der Waals surface area contributed by atoms with Crippen LogP contribution >= 0.6 is 11.3 Å². The monoisotopic (exact) mass is 238 g/mol. The van der Waals surface area contributed by atoms with Crippen LogP contribution in [0.5, 0.6) is 0 Å². The van der Waals surface area contributed by atoms with Gasteiger partial charge in [0.15, 0.2) is 5.13 Å². The second-order valence-electron chi connectivity index (χ2n) is 3.78. The van der Waals surface area contributed by atoms with E-state index in [1.165, 1.54) is 11.3 Å². The maximum Gasteiger partial charge on any atom is 0.255 e. The third kappa shape index (κ3) is 2.48. The van der Waals surface area contributed by atoms with Crippen molar-refractivity contribution in [2.75, 3.05) is 5.32 Å². The average Bonchev–Trinajstić information content (AvgIpc) is 2.87. The quantitative estimate of drug-likeness (QED) is 0.879. The van der Waals surface area contributed by atoms with Crippen LogP contribution in [-0.4, -0.2) is 23.1 Å². The number of hydrogen-bond acceptors (Lipinski definition) is 4. The normalized spacial score (nSPS) is 24.3. The van der Waals surface area contributed by atoms with Gasteiger partial charge in [-0.15, -0.1) is 11.3 Å². The number of rotatable bonds is 3. The summed E-state index contributed by atoms with van der Waals surface area (Å²) in [6.45, 7) is 5.60. The van der Waals surface area contributed by atoms with E-state index in [0.717, 1.165) is 18.5 Å². The Bertz CT molecular complexity index is 402. The molecular formula is C11H14N2O2S. The molecule has 0 aromatic carbocycles. The van der Waals surface area contributed by atoms with Gasteiger partial charge in [-0.3, -0.25) is 10.1 Å². The Morgan fingerprint density at radius 1 is 1.75 bits per heavy atom. The van der Waals surface area contributed by atoms with Crippen molar-refractivity contribution < 1.29 is 9.53 Å². The molecule has 86 valence electrons. The number of hydrogen-bond donors (Lipinski definition) is 1. The standard InChI is InChI=1S/C11H14N2O2S/c1-3-8-6-16-11(12-8)13-10(14)9-5-4-7(2)15-9/h3,6-7,9H,1,4-5H2,2H3,(H,12,13,14). The molecule has 2 heterocycles. The minimum absolute atomic E-state index is 0.102. The average molecular weight is 238 g/mol. The molecule has 5 heteroatoms. The topological polar surface area (TPSA) is 51.2 Å². The first-order valence-corrected chi connectivity index (χ1v) is 6.11. The lowest BCUT2D eigenvalue weighted by molar-refractivity contribution is -0.126. The van der Waals surface area contributed by atoms with E-state index in [1.807, 2.05) is 12.3 Å². The van der Waals surface area contributed by atoms with Crippen LogP contribution in [0.25, 0.3) is 6.08 Å². The molecule has 2 atom stereocenters. The number of thiazole rings is 1. The first kappa shape index (κ1) is 11.3. The van der Waals surface area contributed by atoms with E-state index in [1.54, 1.807) is 6.08 Å². The zero-order chi connectivity index (χ0) is 11.5. The highest BCUT2D eigenvalue weighted by Crippen LogP contribution is 2.22. The van der Waals surface area contributed by atoms with Crippen LogP contribution in [0.4, 0.5) is 5.13 Å². The molecule has 0 radical (unpaired) electrons. The summed E-state index contributed by atoms with van der Waals surface area (Å²) in [5, 5.41) is 5.20. The third-order valence-corrected chi connectivity index (χ3v) is 3.26. The van der Waals surface area contributed by atoms with Crippen molar-refractivity contribution in [3.05, 3.63) is 17.7 Å². The zero-order valence-corrected chi connectivity index (χ0v) is 9.92. The molecule has 1 aromatic rings. The van der Waals surface area contributed by atoms with E-state index in [2.05, 4.69) is 16.9 Å². The summed E-state index contributed by atoms with van der Waals surface area (Å²) in [7, 11) is 0. The van der Waals surface area contributed by atoms with Gasteiger partial charge in [0, 0.05) is 5.38 Å². The highest BCUT2D eigenvalue weighted by atomic mass is 32.1. The van der Waals surface area contributed by atoms with E-state index < -0.39 is 0 Å². The van der Waals surface area contributed by atoms with Crippen LogP contribution in [0, 0.1) is 0 Å². The van der Waals surface area contributed by atoms with Crippen molar-refractivity contribution in [3.8, 4) is 0 Å². The molecule has 1 N–H and O–H groups in total. The number of carbonyl (C=O) groups excluding carboxylic acids is 1. The van der Waals surface area contributed by atoms with Crippen molar-refractivity contribution in [2.45, 2.75) is 32.0 Å². The lowest BCUT2D eigenvalue weighted by Crippen LogP contribution is -2.27. The second-order valence-corrected chi connectivity index (χ2v) is 4.64. The largest absolute Gasteiger partial charge is 0.365 e. The highest BCUT2D eigenvalue weighted by Gasteiger charge is 2.28. The summed E-state index contributed by atoms with van der Waals surface area (Å²) in [4.78, 5) is 15.9. The van der Waals surface area contributed by atoms with Crippen molar-refractivity contribution in [3.63, 3.8) is 0 Å². The van der Waals surface area contributed by atoms with Gasteiger partial charge >= 0.3 is 0 Å². The summed E-state index contributed by atoms with van der Waals surface area (Å²) < 4.78 is 5.47. The van der Waals surface area contributed by atoms with E-state index in [4.69, 9.17) is 4.74 Å². The summed E-state index contributed by atoms with van der Waals surface area (Å²) >= 11 is 1.39. The van der Waals surface area contributed by atoms with E-state index in [9.17, 15) is 4.79 Å². The Morgan fingerprint density at radius 2 is 2.56 bits per heavy atom. The van der Waals surface area contributed by atoms with E-state index >= 15 is 0 Å². The summed E-state index contributed by atoms with van der Waals surface area (Å²) in [6.07, 6.45) is 3.22. The first-order valence-electron chi connectivity index (χ1n) is 5.23. The molecule has 1 aliphatic rings. The molecule has 1 fully saturated rings. The lowest BCUT2D eigenvalue weighted by Gasteiger charge is -2.09. The molecule has 1 saturated heterocycles. The molecule has 0 aliphatic carbocycles. The molecule has 4 nitrogen and oxygen atoms in total. The molecule has 1 aliphatic heterocycles. The molecule has 0 saturated carbocycles.